The van der Waals surface area contributed by atoms with Crippen molar-refractivity contribution in [1.29, 1.82) is 0 Å². The quantitative estimate of drug-likeness (QED) is 0.714. The van der Waals surface area contributed by atoms with Crippen LogP contribution in [-0.2, 0) is 4.79 Å². The second-order valence-electron chi connectivity index (χ2n) is 5.58. The average Bonchev–Trinajstić information content (AvgIpc) is 2.92. The summed E-state index contributed by atoms with van der Waals surface area (Å²) in [5.41, 5.74) is 5.51. The molecule has 1 amide bonds. The number of carbonyl (C=O) groups excluding carboxylic acids is 1. The highest BCUT2D eigenvalue weighted by atomic mass is 16.5. The van der Waals surface area contributed by atoms with Crippen LogP contribution in [0.5, 0.6) is 5.75 Å². The zero-order valence-corrected chi connectivity index (χ0v) is 13.9. The van der Waals surface area contributed by atoms with Gasteiger partial charge >= 0.3 is 0 Å². The van der Waals surface area contributed by atoms with Crippen LogP contribution in [0.1, 0.15) is 11.3 Å². The number of aromatic amines is 1. The molecule has 0 fully saturated rings. The Kier molecular flexibility index (Phi) is 4.08. The van der Waals surface area contributed by atoms with Crippen LogP contribution in [0.4, 0.5) is 5.69 Å². The molecule has 24 heavy (non-hydrogen) atoms. The zero-order valence-electron chi connectivity index (χ0n) is 13.9. The number of benzene rings is 1. The van der Waals surface area contributed by atoms with Crippen molar-refractivity contribution in [3.63, 3.8) is 0 Å². The summed E-state index contributed by atoms with van der Waals surface area (Å²) < 4.78 is 5.50. The second-order valence-corrected chi connectivity index (χ2v) is 5.58. The molecule has 2 heterocycles. The van der Waals surface area contributed by atoms with Gasteiger partial charge in [0.1, 0.15) is 11.4 Å². The molecule has 0 aliphatic rings. The highest BCUT2D eigenvalue weighted by Gasteiger charge is 2.16. The molecule has 122 valence electrons. The normalized spacial score (nSPS) is 10.6. The highest BCUT2D eigenvalue weighted by molar-refractivity contribution is 6.02. The Morgan fingerprint density at radius 3 is 2.83 bits per heavy atom. The van der Waals surface area contributed by atoms with E-state index in [1.165, 1.54) is 6.08 Å². The van der Waals surface area contributed by atoms with Crippen molar-refractivity contribution < 1.29 is 9.53 Å². The molecule has 0 saturated carbocycles. The van der Waals surface area contributed by atoms with E-state index in [1.54, 1.807) is 13.3 Å². The Bertz CT molecular complexity index is 941. The minimum atomic E-state index is -0.231. The van der Waals surface area contributed by atoms with Gasteiger partial charge in [-0.1, -0.05) is 18.7 Å². The molecular weight excluding hydrogens is 302 g/mol. The number of ether oxygens (including phenoxy) is 1. The van der Waals surface area contributed by atoms with Crippen molar-refractivity contribution in [2.45, 2.75) is 13.8 Å². The highest BCUT2D eigenvalue weighted by Crippen LogP contribution is 2.38. The molecule has 2 aromatic heterocycles. The van der Waals surface area contributed by atoms with Crippen molar-refractivity contribution in [1.82, 2.24) is 9.97 Å². The van der Waals surface area contributed by atoms with E-state index >= 15 is 0 Å². The van der Waals surface area contributed by atoms with E-state index < -0.39 is 0 Å². The summed E-state index contributed by atoms with van der Waals surface area (Å²) in [6.07, 6.45) is 2.97. The molecule has 5 heteroatoms. The molecule has 0 atom stereocenters. The van der Waals surface area contributed by atoms with Crippen LogP contribution in [-0.4, -0.2) is 23.0 Å². The van der Waals surface area contributed by atoms with Crippen molar-refractivity contribution in [2.75, 3.05) is 12.4 Å². The number of pyridine rings is 1. The van der Waals surface area contributed by atoms with Gasteiger partial charge in [-0.3, -0.25) is 4.79 Å². The second kappa shape index (κ2) is 6.20. The molecule has 0 saturated heterocycles. The minimum Gasteiger partial charge on any atom is -0.496 e. The van der Waals surface area contributed by atoms with Gasteiger partial charge in [0, 0.05) is 23.1 Å². The molecule has 3 aromatic rings. The summed E-state index contributed by atoms with van der Waals surface area (Å²) in [6.45, 7) is 7.44. The largest absolute Gasteiger partial charge is 0.496 e. The van der Waals surface area contributed by atoms with Gasteiger partial charge in [-0.2, -0.15) is 0 Å². The number of methoxy groups -OCH3 is 1. The van der Waals surface area contributed by atoms with E-state index in [4.69, 9.17) is 4.74 Å². The number of rotatable bonds is 4. The van der Waals surface area contributed by atoms with Crippen molar-refractivity contribution in [3.05, 3.63) is 54.4 Å². The number of H-pyrrole nitrogens is 1. The molecule has 0 aliphatic carbocycles. The first-order chi connectivity index (χ1) is 11.5. The molecule has 0 bridgehead atoms. The fourth-order valence-corrected chi connectivity index (χ4v) is 2.83. The maximum absolute atomic E-state index is 11.6. The Balaban J connectivity index is 2.21. The van der Waals surface area contributed by atoms with E-state index in [9.17, 15) is 4.79 Å². The van der Waals surface area contributed by atoms with E-state index in [0.717, 1.165) is 44.9 Å². The van der Waals surface area contributed by atoms with Crippen LogP contribution in [0.25, 0.3) is 22.2 Å². The lowest BCUT2D eigenvalue weighted by molar-refractivity contribution is -0.111. The van der Waals surface area contributed by atoms with Crippen LogP contribution >= 0.6 is 0 Å². The third-order valence-corrected chi connectivity index (χ3v) is 4.03. The summed E-state index contributed by atoms with van der Waals surface area (Å²) >= 11 is 0. The first-order valence-corrected chi connectivity index (χ1v) is 7.61. The van der Waals surface area contributed by atoms with Crippen molar-refractivity contribution in [3.8, 4) is 16.9 Å². The number of carbonyl (C=O) groups is 1. The van der Waals surface area contributed by atoms with E-state index in [0.29, 0.717) is 0 Å². The van der Waals surface area contributed by atoms with Gasteiger partial charge in [-0.25, -0.2) is 4.98 Å². The maximum atomic E-state index is 11.6. The molecular formula is C19H19N3O2. The molecule has 5 nitrogen and oxygen atoms in total. The SMILES string of the molecule is C=CC(=O)Nc1cc(-c2c(C)[nH]c3nccc(OC)c23)ccc1C. The Labute approximate surface area is 140 Å². The van der Waals surface area contributed by atoms with Crippen LogP contribution in [0.15, 0.2) is 43.1 Å². The monoisotopic (exact) mass is 321 g/mol. The number of amides is 1. The zero-order chi connectivity index (χ0) is 17.3. The summed E-state index contributed by atoms with van der Waals surface area (Å²) in [4.78, 5) is 19.3. The molecule has 1 aromatic carbocycles. The molecule has 3 rings (SSSR count). The van der Waals surface area contributed by atoms with Crippen LogP contribution in [0.3, 0.4) is 0 Å². The summed E-state index contributed by atoms with van der Waals surface area (Å²) in [6, 6.07) is 7.81. The van der Waals surface area contributed by atoms with Gasteiger partial charge in [0.2, 0.25) is 5.91 Å². The summed E-state index contributed by atoms with van der Waals surface area (Å²) in [5.74, 6) is 0.529. The van der Waals surface area contributed by atoms with E-state index in [2.05, 4.69) is 21.9 Å². The molecule has 0 spiro atoms. The number of hydrogen-bond donors (Lipinski definition) is 2. The topological polar surface area (TPSA) is 67.0 Å². The smallest absolute Gasteiger partial charge is 0.247 e. The Morgan fingerprint density at radius 1 is 1.33 bits per heavy atom. The van der Waals surface area contributed by atoms with Crippen LogP contribution in [0.2, 0.25) is 0 Å². The predicted molar refractivity (Wildman–Crippen MR) is 96.4 cm³/mol. The average molecular weight is 321 g/mol. The number of fused-ring (bicyclic) bond motifs is 1. The van der Waals surface area contributed by atoms with Crippen LogP contribution in [0, 0.1) is 13.8 Å². The van der Waals surface area contributed by atoms with Gasteiger partial charge in [0.05, 0.1) is 12.5 Å². The van der Waals surface area contributed by atoms with Crippen molar-refractivity contribution >= 4 is 22.6 Å². The number of nitrogens with zero attached hydrogens (tertiary/aromatic N) is 1. The minimum absolute atomic E-state index is 0.231. The van der Waals surface area contributed by atoms with E-state index in [1.807, 2.05) is 38.1 Å². The number of nitrogens with one attached hydrogen (secondary N) is 2. The maximum Gasteiger partial charge on any atom is 0.247 e. The van der Waals surface area contributed by atoms with Gasteiger partial charge in [0.25, 0.3) is 0 Å². The summed E-state index contributed by atoms with van der Waals surface area (Å²) in [5, 5.41) is 3.78. The number of hydrogen-bond acceptors (Lipinski definition) is 3. The van der Waals surface area contributed by atoms with E-state index in [-0.39, 0.29) is 5.91 Å². The standard InChI is InChI=1S/C19H19N3O2/c1-5-16(23)22-14-10-13(7-6-11(14)2)17-12(3)21-19-18(17)15(24-4)8-9-20-19/h5-10H,1H2,2-4H3,(H,20,21)(H,22,23). The Hall–Kier alpha value is -3.08. The first kappa shape index (κ1) is 15.8. The number of aromatic nitrogens is 2. The first-order valence-electron chi connectivity index (χ1n) is 7.61. The number of aryl methyl sites for hydroxylation is 2. The summed E-state index contributed by atoms with van der Waals surface area (Å²) in [7, 11) is 1.64. The van der Waals surface area contributed by atoms with Crippen molar-refractivity contribution in [2.24, 2.45) is 0 Å². The number of anilines is 1. The fourth-order valence-electron chi connectivity index (χ4n) is 2.83. The van der Waals surface area contributed by atoms with Gasteiger partial charge in [-0.15, -0.1) is 0 Å². The lowest BCUT2D eigenvalue weighted by atomic mass is 10.00. The molecule has 0 aliphatic heterocycles. The third-order valence-electron chi connectivity index (χ3n) is 4.03. The van der Waals surface area contributed by atoms with Gasteiger partial charge in [0.15, 0.2) is 0 Å². The lowest BCUT2D eigenvalue weighted by Gasteiger charge is -2.11. The fraction of sp³-hybridized carbons (Fsp3) is 0.158. The Morgan fingerprint density at radius 2 is 2.12 bits per heavy atom. The lowest BCUT2D eigenvalue weighted by Crippen LogP contribution is -2.08. The van der Waals surface area contributed by atoms with Gasteiger partial charge < -0.3 is 15.0 Å². The molecule has 0 unspecified atom stereocenters. The molecule has 2 N–H and O–H groups in total. The van der Waals surface area contributed by atoms with Gasteiger partial charge in [-0.05, 0) is 43.2 Å². The third kappa shape index (κ3) is 2.65. The molecule has 0 radical (unpaired) electrons. The van der Waals surface area contributed by atoms with Crippen LogP contribution < -0.4 is 10.1 Å². The predicted octanol–water partition coefficient (Wildman–Crippen LogP) is 3.98.